The molecule has 446 valence electrons. The highest BCUT2D eigenvalue weighted by Gasteiger charge is 2.44. The average molecular weight is 1200 g/mol. The van der Waals surface area contributed by atoms with E-state index in [4.69, 9.17) is 29.9 Å². The smallest absolute Gasteiger partial charge is 0.417 e. The van der Waals surface area contributed by atoms with Gasteiger partial charge in [0.05, 0.1) is 54.0 Å². The van der Waals surface area contributed by atoms with Crippen molar-refractivity contribution in [3.8, 4) is 51.3 Å². The highest BCUT2D eigenvalue weighted by molar-refractivity contribution is 7.23. The van der Waals surface area contributed by atoms with E-state index < -0.39 is 65.8 Å². The lowest BCUT2D eigenvalue weighted by atomic mass is 9.92. The predicted molar refractivity (Wildman–Crippen MR) is 313 cm³/mol. The number of anilines is 2. The maximum absolute atomic E-state index is 16.0. The van der Waals surface area contributed by atoms with E-state index in [1.54, 1.807) is 42.9 Å². The van der Waals surface area contributed by atoms with Gasteiger partial charge in [0, 0.05) is 85.3 Å². The minimum absolute atomic E-state index is 0.0100. The first-order valence-corrected chi connectivity index (χ1v) is 29.4. The topological polar surface area (TPSA) is 252 Å². The van der Waals surface area contributed by atoms with Gasteiger partial charge in [0.15, 0.2) is 5.75 Å². The van der Waals surface area contributed by atoms with Crippen molar-refractivity contribution in [1.29, 1.82) is 5.26 Å². The minimum atomic E-state index is -5.03. The summed E-state index contributed by atoms with van der Waals surface area (Å²) >= 11 is 0.763. The van der Waals surface area contributed by atoms with Crippen LogP contribution < -0.4 is 30.7 Å². The number of carbonyl (C=O) groups is 2. The van der Waals surface area contributed by atoms with Gasteiger partial charge in [-0.05, 0) is 77.3 Å². The zero-order chi connectivity index (χ0) is 60.1. The van der Waals surface area contributed by atoms with Crippen LogP contribution in [0.25, 0.3) is 54.5 Å². The fourth-order valence-electron chi connectivity index (χ4n) is 12.4. The Labute approximate surface area is 495 Å². The van der Waals surface area contributed by atoms with Crippen molar-refractivity contribution in [2.45, 2.75) is 108 Å². The second-order valence-electron chi connectivity index (χ2n) is 22.8. The molecule has 8 aromatic rings. The number of ether oxygens (including phenoxy) is 3. The first-order valence-electron chi connectivity index (χ1n) is 28.6. The third-order valence-electron chi connectivity index (χ3n) is 16.7. The summed E-state index contributed by atoms with van der Waals surface area (Å²) in [6.45, 7) is 6.59. The Bertz CT molecular complexity index is 3890. The van der Waals surface area contributed by atoms with Gasteiger partial charge in [-0.2, -0.15) is 28.4 Å². The van der Waals surface area contributed by atoms with Crippen LogP contribution in [0.2, 0.25) is 0 Å². The SMILES string of the molecule is Cc1cnccc1-c1ccc([C@H](CO)NC(=O)[C@@H]2C[C@@H](O)CN2C(=O)[C@H](C(C)C)n2cc(-c3ccc(COc4c(-c5ccc(F)c6sc(N)c(C#N)c56)c(C(F)(F)F)cc5c(N6CC7CCC(C6)N7)nc(OC6CCOCC6)nc45)cc3)nn2)cc1. The van der Waals surface area contributed by atoms with Crippen LogP contribution in [0.4, 0.5) is 28.4 Å². The lowest BCUT2D eigenvalue weighted by Gasteiger charge is -2.35. The highest BCUT2D eigenvalue weighted by Crippen LogP contribution is 2.52. The Kier molecular flexibility index (Phi) is 16.1. The van der Waals surface area contributed by atoms with E-state index in [0.717, 1.165) is 53.0 Å². The molecule has 8 heterocycles. The fourth-order valence-corrected chi connectivity index (χ4v) is 13.3. The fraction of sp³-hybridized carbons (Fsp3) is 0.387. The number of nitriles is 1. The number of thiophene rings is 1. The molecule has 86 heavy (non-hydrogen) atoms. The molecule has 12 rings (SSSR count). The van der Waals surface area contributed by atoms with E-state index in [1.807, 2.05) is 62.1 Å². The molecule has 6 N–H and O–H groups in total. The summed E-state index contributed by atoms with van der Waals surface area (Å²) < 4.78 is 83.8. The van der Waals surface area contributed by atoms with Crippen LogP contribution in [0.1, 0.15) is 85.9 Å². The third-order valence-corrected chi connectivity index (χ3v) is 17.7. The molecular weight excluding hydrogens is 1130 g/mol. The number of aryl methyl sites for hydroxylation is 1. The van der Waals surface area contributed by atoms with Crippen molar-refractivity contribution < 1.29 is 51.6 Å². The number of carbonyl (C=O) groups excluding carboxylic acids is 2. The largest absolute Gasteiger partial charge is 0.486 e. The molecule has 24 heteroatoms. The van der Waals surface area contributed by atoms with Crippen LogP contribution in [0.3, 0.4) is 0 Å². The van der Waals surface area contributed by atoms with Gasteiger partial charge in [-0.15, -0.1) is 16.4 Å². The number of pyridine rings is 1. The van der Waals surface area contributed by atoms with Crippen molar-refractivity contribution >= 4 is 55.0 Å². The number of fused-ring (bicyclic) bond motifs is 4. The van der Waals surface area contributed by atoms with E-state index in [0.29, 0.717) is 61.5 Å². The maximum atomic E-state index is 16.0. The van der Waals surface area contributed by atoms with E-state index in [9.17, 15) is 25.1 Å². The number of benzene rings is 4. The molecule has 4 aliphatic heterocycles. The molecule has 2 bridgehead atoms. The lowest BCUT2D eigenvalue weighted by Crippen LogP contribution is -2.51. The molecule has 0 aliphatic carbocycles. The Morgan fingerprint density at radius 1 is 0.977 bits per heavy atom. The van der Waals surface area contributed by atoms with Gasteiger partial charge in [-0.1, -0.05) is 73.7 Å². The highest BCUT2D eigenvalue weighted by atomic mass is 32.1. The number of likely N-dealkylation sites (tertiary alicyclic amines) is 1. The summed E-state index contributed by atoms with van der Waals surface area (Å²) in [5.74, 6) is -2.19. The van der Waals surface area contributed by atoms with Gasteiger partial charge in [0.2, 0.25) is 11.8 Å². The Morgan fingerprint density at radius 3 is 2.40 bits per heavy atom. The number of alkyl halides is 3. The van der Waals surface area contributed by atoms with Gasteiger partial charge >= 0.3 is 12.2 Å². The summed E-state index contributed by atoms with van der Waals surface area (Å²) in [5, 5.41) is 46.9. The number of aliphatic hydroxyl groups is 2. The Morgan fingerprint density at radius 2 is 1.71 bits per heavy atom. The number of nitrogens with one attached hydrogen (secondary N) is 2. The molecule has 4 aromatic carbocycles. The summed E-state index contributed by atoms with van der Waals surface area (Å²) in [7, 11) is 0. The molecule has 0 radical (unpaired) electrons. The Hall–Kier alpha value is -8.34. The van der Waals surface area contributed by atoms with Crippen LogP contribution in [-0.4, -0.2) is 127 Å². The third kappa shape index (κ3) is 11.4. The number of β-amino-alcohol motifs (C(OH)–C–C–N with tert-alkyl or cyclic N) is 1. The van der Waals surface area contributed by atoms with Crippen LogP contribution in [0, 0.1) is 30.0 Å². The molecule has 0 saturated carbocycles. The first-order chi connectivity index (χ1) is 41.4. The zero-order valence-corrected chi connectivity index (χ0v) is 48.0. The van der Waals surface area contributed by atoms with Crippen molar-refractivity contribution in [2.75, 3.05) is 50.1 Å². The van der Waals surface area contributed by atoms with Crippen molar-refractivity contribution in [2.24, 2.45) is 5.92 Å². The van der Waals surface area contributed by atoms with Gasteiger partial charge in [0.25, 0.3) is 0 Å². The molecule has 2 amide bonds. The molecule has 2 unspecified atom stereocenters. The summed E-state index contributed by atoms with van der Waals surface area (Å²) in [5.41, 5.74) is 9.39. The Balaban J connectivity index is 0.846. The first kappa shape index (κ1) is 58.1. The number of hydrogen-bond acceptors (Lipinski definition) is 17. The molecule has 0 spiro atoms. The van der Waals surface area contributed by atoms with Gasteiger partial charge < -0.3 is 50.6 Å². The van der Waals surface area contributed by atoms with E-state index in [1.165, 1.54) is 15.6 Å². The minimum Gasteiger partial charge on any atom is -0.486 e. The van der Waals surface area contributed by atoms with Crippen LogP contribution in [0.5, 0.6) is 11.8 Å². The maximum Gasteiger partial charge on any atom is 0.417 e. The van der Waals surface area contributed by atoms with Gasteiger partial charge in [-0.25, -0.2) is 9.07 Å². The number of nitrogens with two attached hydrogens (primary N) is 1. The van der Waals surface area contributed by atoms with Gasteiger partial charge in [0.1, 0.15) is 58.7 Å². The van der Waals surface area contributed by atoms with E-state index in [2.05, 4.69) is 25.9 Å². The number of piperazine rings is 1. The van der Waals surface area contributed by atoms with E-state index >= 15 is 17.6 Å². The van der Waals surface area contributed by atoms with E-state index in [-0.39, 0.29) is 98.4 Å². The predicted octanol–water partition coefficient (Wildman–Crippen LogP) is 8.84. The lowest BCUT2D eigenvalue weighted by molar-refractivity contribution is -0.142. The number of nitrogens with zero attached hydrogens (tertiary/aromatic N) is 9. The van der Waals surface area contributed by atoms with Crippen LogP contribution in [0.15, 0.2) is 91.4 Å². The van der Waals surface area contributed by atoms with Crippen LogP contribution in [-0.2, 0) is 27.1 Å². The number of hydrogen-bond donors (Lipinski definition) is 5. The van der Waals surface area contributed by atoms with Crippen molar-refractivity contribution in [3.63, 3.8) is 0 Å². The monoisotopic (exact) mass is 1190 g/mol. The van der Waals surface area contributed by atoms with Crippen molar-refractivity contribution in [1.82, 2.24) is 45.5 Å². The number of rotatable bonds is 16. The summed E-state index contributed by atoms with van der Waals surface area (Å²) in [6.07, 6.45) is 1.53. The summed E-state index contributed by atoms with van der Waals surface area (Å²) in [4.78, 5) is 45.9. The number of aromatic nitrogens is 6. The zero-order valence-electron chi connectivity index (χ0n) is 47.2. The molecule has 4 aliphatic rings. The number of aliphatic hydroxyl groups excluding tert-OH is 2. The van der Waals surface area contributed by atoms with Gasteiger partial charge in [-0.3, -0.25) is 14.6 Å². The molecule has 4 saturated heterocycles. The number of nitrogen functional groups attached to an aromatic ring is 1. The molecule has 6 atom stereocenters. The molecular formula is C62H62F4N12O7S. The van der Waals surface area contributed by atoms with Crippen molar-refractivity contribution in [3.05, 3.63) is 125 Å². The molecule has 4 fully saturated rings. The standard InChI is InChI=1S/C62H62F4N12O7S/c1-32(2)54(60(82)77-28-40(80)22-50(77)59(81)71-49(30-79)37-10-8-35(9-11-37)42-16-19-69-25-33(42)3)78-29-48(74-75-78)36-6-4-34(5-7-36)31-84-55-52(43-14-15-47(63)56-51(43)45(24-67)57(68)86-56)46(62(64,65)66)23-44-53(55)72-61(85-41-17-20-83-21-18-41)73-58(44)76-26-38-12-13-39(27-76)70-38/h4-11,14-16,19,23,25,29,32,38-41,49-50,54,70,79-80H,12-13,17-18,20-22,26-28,30-31,68H2,1-3H3,(H,71,81)/t38?,39?,40-,49+,50+,54+/m1/s1. The normalized spacial score (nSPS) is 19.7. The number of amides is 2. The molecule has 19 nitrogen and oxygen atoms in total. The molecule has 4 aromatic heterocycles. The summed E-state index contributed by atoms with van der Waals surface area (Å²) in [6, 6.07) is 18.8. The number of halogens is 4. The second kappa shape index (κ2) is 23.8. The van der Waals surface area contributed by atoms with Crippen LogP contribution >= 0.6 is 11.3 Å². The second-order valence-corrected chi connectivity index (χ2v) is 23.8. The average Bonchev–Trinajstić information content (AvgIpc) is 1.19. The quantitative estimate of drug-likeness (QED) is 0.0567.